The van der Waals surface area contributed by atoms with Crippen molar-refractivity contribution < 1.29 is 14.3 Å². The van der Waals surface area contributed by atoms with Crippen LogP contribution in [0.5, 0.6) is 0 Å². The lowest BCUT2D eigenvalue weighted by atomic mass is 10.1. The molecule has 0 saturated carbocycles. The number of benzene rings is 1. The van der Waals surface area contributed by atoms with Crippen molar-refractivity contribution in [1.29, 1.82) is 5.26 Å². The summed E-state index contributed by atoms with van der Waals surface area (Å²) in [4.78, 5) is 22.4. The number of carbonyl (C=O) groups is 2. The van der Waals surface area contributed by atoms with Crippen LogP contribution in [0.2, 0.25) is 0 Å². The Labute approximate surface area is 101 Å². The fraction of sp³-hybridized carbons (Fsp3) is 0.182. The van der Waals surface area contributed by atoms with E-state index < -0.39 is 5.97 Å². The second-order valence-electron chi connectivity index (χ2n) is 2.84. The van der Waals surface area contributed by atoms with Crippen LogP contribution in [-0.4, -0.2) is 18.9 Å². The molecule has 0 aliphatic carbocycles. The van der Waals surface area contributed by atoms with Gasteiger partial charge in [-0.2, -0.15) is 5.26 Å². The second kappa shape index (κ2) is 5.42. The monoisotopic (exact) mass is 281 g/mol. The minimum atomic E-state index is -0.617. The Morgan fingerprint density at radius 1 is 1.62 bits per heavy atom. The third-order valence-corrected chi connectivity index (χ3v) is 2.72. The first kappa shape index (κ1) is 12.4. The van der Waals surface area contributed by atoms with Crippen LogP contribution in [0.3, 0.4) is 0 Å². The number of halogens is 1. The Balaban J connectivity index is 3.38. The van der Waals surface area contributed by atoms with E-state index >= 15 is 0 Å². The summed E-state index contributed by atoms with van der Waals surface area (Å²) in [5, 5.41) is 8.80. The molecule has 0 aliphatic heterocycles. The third-order valence-electron chi connectivity index (χ3n) is 1.90. The maximum Gasteiger partial charge on any atom is 0.340 e. The third kappa shape index (κ3) is 2.28. The first-order chi connectivity index (χ1) is 7.65. The van der Waals surface area contributed by atoms with Gasteiger partial charge in [0.05, 0.1) is 22.2 Å². The molecule has 4 nitrogen and oxygen atoms in total. The van der Waals surface area contributed by atoms with Gasteiger partial charge >= 0.3 is 5.97 Å². The van der Waals surface area contributed by atoms with Crippen LogP contribution in [0.1, 0.15) is 33.2 Å². The van der Waals surface area contributed by atoms with E-state index in [1.165, 1.54) is 12.1 Å². The van der Waals surface area contributed by atoms with E-state index in [2.05, 4.69) is 15.9 Å². The molecule has 1 rings (SSSR count). The minimum absolute atomic E-state index is 0.0934. The average molecular weight is 282 g/mol. The molecule has 0 spiro atoms. The lowest BCUT2D eigenvalue weighted by Gasteiger charge is -2.07. The minimum Gasteiger partial charge on any atom is -0.462 e. The zero-order chi connectivity index (χ0) is 12.1. The summed E-state index contributed by atoms with van der Waals surface area (Å²) in [5.41, 5.74) is 0.578. The number of carbonyl (C=O) groups excluding carboxylic acids is 2. The number of nitrogens with zero attached hydrogens (tertiary/aromatic N) is 1. The molecular weight excluding hydrogens is 274 g/mol. The first-order valence-electron chi connectivity index (χ1n) is 4.50. The van der Waals surface area contributed by atoms with Crippen molar-refractivity contribution in [3.8, 4) is 6.07 Å². The Hall–Kier alpha value is -1.67. The molecule has 5 heteroatoms. The van der Waals surface area contributed by atoms with E-state index in [1.54, 1.807) is 6.92 Å². The highest BCUT2D eigenvalue weighted by atomic mass is 79.9. The fourth-order valence-electron chi connectivity index (χ4n) is 1.19. The normalized spacial score (nSPS) is 9.31. The molecular formula is C11H8BrNO3. The summed E-state index contributed by atoms with van der Waals surface area (Å²) in [6, 6.07) is 4.80. The lowest BCUT2D eigenvalue weighted by molar-refractivity contribution is 0.0523. The van der Waals surface area contributed by atoms with E-state index in [4.69, 9.17) is 10.00 Å². The van der Waals surface area contributed by atoms with Gasteiger partial charge in [0.15, 0.2) is 6.29 Å². The maximum absolute atomic E-state index is 11.6. The van der Waals surface area contributed by atoms with E-state index in [1.807, 2.05) is 6.07 Å². The molecule has 82 valence electrons. The molecule has 0 aromatic heterocycles. The van der Waals surface area contributed by atoms with Crippen molar-refractivity contribution in [2.24, 2.45) is 0 Å². The average Bonchev–Trinajstić information content (AvgIpc) is 2.28. The lowest BCUT2D eigenvalue weighted by Crippen LogP contribution is -2.09. The molecule has 1 aromatic rings. The van der Waals surface area contributed by atoms with Crippen LogP contribution < -0.4 is 0 Å². The summed E-state index contributed by atoms with van der Waals surface area (Å²) in [7, 11) is 0. The molecule has 16 heavy (non-hydrogen) atoms. The SMILES string of the molecule is CCOC(=O)c1c(C=O)ccc(C#N)c1Br. The summed E-state index contributed by atoms with van der Waals surface area (Å²) >= 11 is 3.12. The van der Waals surface area contributed by atoms with Gasteiger partial charge in [-0.25, -0.2) is 4.79 Å². The molecule has 0 aliphatic rings. The zero-order valence-corrected chi connectivity index (χ0v) is 10.1. The highest BCUT2D eigenvalue weighted by Crippen LogP contribution is 2.25. The molecule has 0 heterocycles. The van der Waals surface area contributed by atoms with Crippen LogP contribution in [0, 0.1) is 11.3 Å². The Bertz CT molecular complexity index is 477. The molecule has 0 fully saturated rings. The van der Waals surface area contributed by atoms with Gasteiger partial charge in [-0.05, 0) is 35.0 Å². The number of hydrogen-bond acceptors (Lipinski definition) is 4. The summed E-state index contributed by atoms with van der Waals surface area (Å²) in [6.07, 6.45) is 0.554. The number of hydrogen-bond donors (Lipinski definition) is 0. The van der Waals surface area contributed by atoms with Gasteiger partial charge in [-0.1, -0.05) is 0 Å². The van der Waals surface area contributed by atoms with Crippen molar-refractivity contribution in [3.63, 3.8) is 0 Å². The van der Waals surface area contributed by atoms with Gasteiger partial charge in [0.2, 0.25) is 0 Å². The van der Waals surface area contributed by atoms with Crippen LogP contribution >= 0.6 is 15.9 Å². The highest BCUT2D eigenvalue weighted by Gasteiger charge is 2.18. The topological polar surface area (TPSA) is 67.2 Å². The predicted octanol–water partition coefficient (Wildman–Crippen LogP) is 2.31. The first-order valence-corrected chi connectivity index (χ1v) is 5.29. The van der Waals surface area contributed by atoms with Crippen LogP contribution in [0.15, 0.2) is 16.6 Å². The van der Waals surface area contributed by atoms with Gasteiger partial charge in [-0.3, -0.25) is 4.79 Å². The van der Waals surface area contributed by atoms with Gasteiger partial charge < -0.3 is 4.74 Å². The summed E-state index contributed by atoms with van der Waals surface area (Å²) in [6.45, 7) is 1.88. The predicted molar refractivity (Wildman–Crippen MR) is 60.2 cm³/mol. The van der Waals surface area contributed by atoms with E-state index in [0.29, 0.717) is 6.29 Å². The molecule has 0 atom stereocenters. The van der Waals surface area contributed by atoms with Crippen molar-refractivity contribution in [1.82, 2.24) is 0 Å². The number of ether oxygens (including phenoxy) is 1. The molecule has 0 radical (unpaired) electrons. The number of esters is 1. The Morgan fingerprint density at radius 3 is 2.81 bits per heavy atom. The van der Waals surface area contributed by atoms with Gasteiger partial charge in [0.1, 0.15) is 6.07 Å². The van der Waals surface area contributed by atoms with E-state index in [0.717, 1.165) is 0 Å². The van der Waals surface area contributed by atoms with Crippen LogP contribution in [0.25, 0.3) is 0 Å². The van der Waals surface area contributed by atoms with E-state index in [-0.39, 0.29) is 27.8 Å². The number of rotatable bonds is 3. The fourth-order valence-corrected chi connectivity index (χ4v) is 1.80. The smallest absolute Gasteiger partial charge is 0.340 e. The van der Waals surface area contributed by atoms with Crippen LogP contribution in [-0.2, 0) is 4.74 Å². The summed E-state index contributed by atoms with van der Waals surface area (Å²) in [5.74, 6) is -0.617. The van der Waals surface area contributed by atoms with Gasteiger partial charge in [0.25, 0.3) is 0 Å². The molecule has 0 saturated heterocycles. The Kier molecular flexibility index (Phi) is 4.20. The number of aldehydes is 1. The molecule has 0 bridgehead atoms. The molecule has 0 N–H and O–H groups in total. The molecule has 0 unspecified atom stereocenters. The zero-order valence-electron chi connectivity index (χ0n) is 8.49. The van der Waals surface area contributed by atoms with Crippen LogP contribution in [0.4, 0.5) is 0 Å². The highest BCUT2D eigenvalue weighted by molar-refractivity contribution is 9.10. The van der Waals surface area contributed by atoms with Crippen molar-refractivity contribution in [2.45, 2.75) is 6.92 Å². The maximum atomic E-state index is 11.6. The van der Waals surface area contributed by atoms with Crippen molar-refractivity contribution >= 4 is 28.2 Å². The number of nitriles is 1. The second-order valence-corrected chi connectivity index (χ2v) is 3.63. The standard InChI is InChI=1S/C11H8BrNO3/c1-2-16-11(15)9-8(6-14)4-3-7(5-13)10(9)12/h3-4,6H,2H2,1H3. The molecule has 1 aromatic carbocycles. The van der Waals surface area contributed by atoms with Gasteiger partial charge in [-0.15, -0.1) is 0 Å². The van der Waals surface area contributed by atoms with Gasteiger partial charge in [0, 0.05) is 5.56 Å². The van der Waals surface area contributed by atoms with E-state index in [9.17, 15) is 9.59 Å². The van der Waals surface area contributed by atoms with Crippen molar-refractivity contribution in [2.75, 3.05) is 6.61 Å². The Morgan fingerprint density at radius 2 is 2.31 bits per heavy atom. The quantitative estimate of drug-likeness (QED) is 0.630. The molecule has 0 amide bonds. The van der Waals surface area contributed by atoms with Crippen molar-refractivity contribution in [3.05, 3.63) is 33.3 Å². The largest absolute Gasteiger partial charge is 0.462 e. The summed E-state index contributed by atoms with van der Waals surface area (Å²) < 4.78 is 5.10.